The Morgan fingerprint density at radius 1 is 1.56 bits per heavy atom. The monoisotopic (exact) mass is 249 g/mol. The quantitative estimate of drug-likeness (QED) is 0.641. The number of amides is 1. The molecule has 0 aliphatic heterocycles. The maximum atomic E-state index is 11.3. The zero-order valence-corrected chi connectivity index (χ0v) is 11.3. The van der Waals surface area contributed by atoms with Crippen molar-refractivity contribution < 1.29 is 9.53 Å². The first-order valence-corrected chi connectivity index (χ1v) is 5.82. The van der Waals surface area contributed by atoms with E-state index in [1.165, 1.54) is 0 Å². The number of aryl methyl sites for hydroxylation is 1. The normalized spacial score (nSPS) is 10.4. The van der Waals surface area contributed by atoms with Crippen molar-refractivity contribution in [3.8, 4) is 11.8 Å². The molecule has 0 aliphatic carbocycles. The van der Waals surface area contributed by atoms with Gasteiger partial charge in [0.25, 0.3) is 0 Å². The lowest BCUT2D eigenvalue weighted by Gasteiger charge is -2.19. The number of hydrogen-bond acceptors (Lipinski definition) is 3. The van der Waals surface area contributed by atoms with Crippen molar-refractivity contribution in [1.29, 1.82) is 0 Å². The minimum absolute atomic E-state index is 0.412. The third-order valence-electron chi connectivity index (χ3n) is 1.96. The first-order valence-electron chi connectivity index (χ1n) is 5.82. The Bertz CT molecular complexity index is 461. The van der Waals surface area contributed by atoms with Crippen LogP contribution < -0.4 is 5.32 Å². The third kappa shape index (κ3) is 5.39. The summed E-state index contributed by atoms with van der Waals surface area (Å²) in [6.45, 7) is 5.96. The topological polar surface area (TPSA) is 56.2 Å². The van der Waals surface area contributed by atoms with Gasteiger partial charge >= 0.3 is 6.09 Å². The lowest BCUT2D eigenvalue weighted by molar-refractivity contribution is 0.0529. The molecule has 0 bridgehead atoms. The zero-order chi connectivity index (χ0) is 13.6. The van der Waals surface area contributed by atoms with Gasteiger partial charge in [-0.3, -0.25) is 4.68 Å². The van der Waals surface area contributed by atoms with Gasteiger partial charge in [-0.15, -0.1) is 0 Å². The number of ether oxygens (including phenoxy) is 1. The highest BCUT2D eigenvalue weighted by Crippen LogP contribution is 2.06. The lowest BCUT2D eigenvalue weighted by Crippen LogP contribution is -2.32. The maximum absolute atomic E-state index is 11.3. The fraction of sp³-hybridized carbons (Fsp3) is 0.538. The summed E-state index contributed by atoms with van der Waals surface area (Å²) in [5.41, 5.74) is 0.386. The summed E-state index contributed by atoms with van der Waals surface area (Å²) in [7, 11) is 1.84. The number of rotatable bonds is 2. The average molecular weight is 249 g/mol. The molecule has 5 heteroatoms. The predicted molar refractivity (Wildman–Crippen MR) is 68.9 cm³/mol. The van der Waals surface area contributed by atoms with Crippen LogP contribution in [0.4, 0.5) is 4.79 Å². The van der Waals surface area contributed by atoms with E-state index in [2.05, 4.69) is 22.3 Å². The molecule has 0 aliphatic rings. The van der Waals surface area contributed by atoms with Crippen LogP contribution in [0.25, 0.3) is 0 Å². The molecule has 0 fully saturated rings. The van der Waals surface area contributed by atoms with Gasteiger partial charge in [-0.2, -0.15) is 5.10 Å². The van der Waals surface area contributed by atoms with Gasteiger partial charge in [0, 0.05) is 20.0 Å². The first kappa shape index (κ1) is 14.1. The third-order valence-corrected chi connectivity index (χ3v) is 1.96. The minimum atomic E-state index is -0.468. The second-order valence-electron chi connectivity index (χ2n) is 4.82. The van der Waals surface area contributed by atoms with E-state index in [1.54, 1.807) is 10.9 Å². The minimum Gasteiger partial charge on any atom is -0.444 e. The van der Waals surface area contributed by atoms with Gasteiger partial charge in [0.05, 0.1) is 6.20 Å². The summed E-state index contributed by atoms with van der Waals surface area (Å²) in [5.74, 6) is 5.94. The van der Waals surface area contributed by atoms with Crippen LogP contribution in [0.5, 0.6) is 0 Å². The molecule has 1 N–H and O–H groups in total. The second-order valence-corrected chi connectivity index (χ2v) is 4.82. The van der Waals surface area contributed by atoms with Gasteiger partial charge in [-0.25, -0.2) is 4.79 Å². The molecule has 98 valence electrons. The van der Waals surface area contributed by atoms with Gasteiger partial charge < -0.3 is 10.1 Å². The van der Waals surface area contributed by atoms with Gasteiger partial charge in [-0.1, -0.05) is 5.92 Å². The highest BCUT2D eigenvalue weighted by molar-refractivity contribution is 5.67. The van der Waals surface area contributed by atoms with E-state index in [-0.39, 0.29) is 0 Å². The van der Waals surface area contributed by atoms with Crippen LogP contribution in [0.15, 0.2) is 12.3 Å². The molecule has 1 aromatic rings. The predicted octanol–water partition coefficient (Wildman–Crippen LogP) is 1.69. The Morgan fingerprint density at radius 3 is 2.83 bits per heavy atom. The summed E-state index contributed by atoms with van der Waals surface area (Å²) in [5, 5.41) is 6.66. The molecule has 1 aromatic heterocycles. The van der Waals surface area contributed by atoms with Crippen LogP contribution in [-0.4, -0.2) is 28.0 Å². The highest BCUT2D eigenvalue weighted by atomic mass is 16.6. The molecule has 1 amide bonds. The standard InChI is InChI=1S/C13H19N3O2/c1-13(2,3)18-12(17)14-9-6-5-7-11-8-10-15-16(11)4/h8,10H,6,9H2,1-4H3,(H,14,17). The molecule has 0 saturated heterocycles. The largest absolute Gasteiger partial charge is 0.444 e. The fourth-order valence-electron chi connectivity index (χ4n) is 1.19. The fourth-order valence-corrected chi connectivity index (χ4v) is 1.19. The van der Waals surface area contributed by atoms with E-state index in [9.17, 15) is 4.79 Å². The van der Waals surface area contributed by atoms with Crippen molar-refractivity contribution in [2.24, 2.45) is 7.05 Å². The summed E-state index contributed by atoms with van der Waals surface area (Å²) in [6, 6.07) is 1.84. The molecule has 1 rings (SSSR count). The molecule has 5 nitrogen and oxygen atoms in total. The van der Waals surface area contributed by atoms with Crippen molar-refractivity contribution >= 4 is 6.09 Å². The summed E-state index contributed by atoms with van der Waals surface area (Å²) in [6.07, 6.45) is 1.86. The van der Waals surface area contributed by atoms with Gasteiger partial charge in [-0.05, 0) is 32.8 Å². The van der Waals surface area contributed by atoms with Crippen molar-refractivity contribution in [1.82, 2.24) is 15.1 Å². The number of nitrogens with one attached hydrogen (secondary N) is 1. The lowest BCUT2D eigenvalue weighted by atomic mass is 10.2. The van der Waals surface area contributed by atoms with Crippen LogP contribution in [-0.2, 0) is 11.8 Å². The Balaban J connectivity index is 2.26. The van der Waals surface area contributed by atoms with Crippen molar-refractivity contribution in [3.05, 3.63) is 18.0 Å². The van der Waals surface area contributed by atoms with Crippen molar-refractivity contribution in [2.75, 3.05) is 6.54 Å². The summed E-state index contributed by atoms with van der Waals surface area (Å²) >= 11 is 0. The van der Waals surface area contributed by atoms with Crippen LogP contribution >= 0.6 is 0 Å². The Kier molecular flexibility index (Phi) is 4.78. The summed E-state index contributed by atoms with van der Waals surface area (Å²) in [4.78, 5) is 11.3. The van der Waals surface area contributed by atoms with E-state index in [4.69, 9.17) is 4.74 Å². The van der Waals surface area contributed by atoms with Crippen molar-refractivity contribution in [3.63, 3.8) is 0 Å². The van der Waals surface area contributed by atoms with Crippen molar-refractivity contribution in [2.45, 2.75) is 32.8 Å². The number of alkyl carbamates (subject to hydrolysis) is 1. The number of nitrogens with zero attached hydrogens (tertiary/aromatic N) is 2. The molecular formula is C13H19N3O2. The summed E-state index contributed by atoms with van der Waals surface area (Å²) < 4.78 is 6.80. The Labute approximate surface area is 108 Å². The number of carbonyl (C=O) groups is 1. The number of hydrogen-bond donors (Lipinski definition) is 1. The Morgan fingerprint density at radius 2 is 2.28 bits per heavy atom. The SMILES string of the molecule is Cn1nccc1C#CCCNC(=O)OC(C)(C)C. The van der Waals surface area contributed by atoms with E-state index >= 15 is 0 Å². The van der Waals surface area contributed by atoms with Crippen LogP contribution in [0.1, 0.15) is 32.9 Å². The Hall–Kier alpha value is -1.96. The molecule has 0 aromatic carbocycles. The van der Waals surface area contributed by atoms with Gasteiger partial charge in [0.2, 0.25) is 0 Å². The zero-order valence-electron chi connectivity index (χ0n) is 11.3. The molecule has 0 spiro atoms. The highest BCUT2D eigenvalue weighted by Gasteiger charge is 2.15. The van der Waals surface area contributed by atoms with Gasteiger partial charge in [0.1, 0.15) is 11.3 Å². The van der Waals surface area contributed by atoms with Crippen LogP contribution in [0.3, 0.4) is 0 Å². The number of aromatic nitrogens is 2. The molecule has 1 heterocycles. The van der Waals surface area contributed by atoms with E-state index in [0.29, 0.717) is 13.0 Å². The van der Waals surface area contributed by atoms with Crippen LogP contribution in [0.2, 0.25) is 0 Å². The molecule has 0 unspecified atom stereocenters. The number of carbonyl (C=O) groups excluding carboxylic acids is 1. The van der Waals surface area contributed by atoms with E-state index in [1.807, 2.05) is 33.9 Å². The van der Waals surface area contributed by atoms with E-state index in [0.717, 1.165) is 5.69 Å². The molecule has 0 saturated carbocycles. The molecule has 18 heavy (non-hydrogen) atoms. The molecular weight excluding hydrogens is 230 g/mol. The van der Waals surface area contributed by atoms with E-state index < -0.39 is 11.7 Å². The van der Waals surface area contributed by atoms with Gasteiger partial charge in [0.15, 0.2) is 0 Å². The maximum Gasteiger partial charge on any atom is 0.407 e. The second kappa shape index (κ2) is 6.10. The molecule has 0 radical (unpaired) electrons. The van der Waals surface area contributed by atoms with Crippen LogP contribution in [0, 0.1) is 11.8 Å². The molecule has 0 atom stereocenters. The first-order chi connectivity index (χ1) is 8.38. The average Bonchev–Trinajstić information content (AvgIpc) is 2.61. The smallest absolute Gasteiger partial charge is 0.407 e.